The standard InChI is InChI=1S/C20H17N3OS2/c1-13-3-7-15(8-4-13)18-22-23-20(24-18)26-12-17-11-25-19(21-17)16-9-5-14(2)6-10-16/h3-11H,12H2,1-2H3. The third-order valence-electron chi connectivity index (χ3n) is 3.90. The zero-order valence-corrected chi connectivity index (χ0v) is 16.1. The quantitative estimate of drug-likeness (QED) is 0.412. The molecule has 0 aliphatic carbocycles. The molecule has 0 saturated carbocycles. The Morgan fingerprint density at radius 3 is 2.23 bits per heavy atom. The predicted octanol–water partition coefficient (Wildman–Crippen LogP) is 5.77. The smallest absolute Gasteiger partial charge is 0.277 e. The van der Waals surface area contributed by atoms with E-state index in [1.807, 2.05) is 24.3 Å². The van der Waals surface area contributed by atoms with Crippen LogP contribution in [-0.4, -0.2) is 15.2 Å². The molecule has 0 radical (unpaired) electrons. The molecule has 0 fully saturated rings. The molecule has 130 valence electrons. The Labute approximate surface area is 160 Å². The number of thiazole rings is 1. The topological polar surface area (TPSA) is 51.8 Å². The van der Waals surface area contributed by atoms with Crippen molar-refractivity contribution >= 4 is 23.1 Å². The van der Waals surface area contributed by atoms with Gasteiger partial charge in [0.15, 0.2) is 0 Å². The van der Waals surface area contributed by atoms with Gasteiger partial charge in [-0.25, -0.2) is 4.98 Å². The van der Waals surface area contributed by atoms with Crippen LogP contribution in [0.4, 0.5) is 0 Å². The van der Waals surface area contributed by atoms with Crippen LogP contribution in [0.5, 0.6) is 0 Å². The Bertz CT molecular complexity index is 920. The molecule has 2 aromatic heterocycles. The summed E-state index contributed by atoms with van der Waals surface area (Å²) >= 11 is 3.16. The Kier molecular flexibility index (Phi) is 4.86. The van der Waals surface area contributed by atoms with Gasteiger partial charge in [-0.15, -0.1) is 21.5 Å². The van der Waals surface area contributed by atoms with E-state index in [-0.39, 0.29) is 0 Å². The highest BCUT2D eigenvalue weighted by molar-refractivity contribution is 7.98. The number of rotatable bonds is 5. The number of hydrogen-bond acceptors (Lipinski definition) is 6. The van der Waals surface area contributed by atoms with Crippen molar-refractivity contribution in [1.82, 2.24) is 15.2 Å². The number of aromatic nitrogens is 3. The lowest BCUT2D eigenvalue weighted by Gasteiger charge is -1.97. The van der Waals surface area contributed by atoms with Crippen LogP contribution in [0.15, 0.2) is 63.6 Å². The fourth-order valence-corrected chi connectivity index (χ4v) is 4.01. The van der Waals surface area contributed by atoms with Crippen LogP contribution in [0.1, 0.15) is 16.8 Å². The first kappa shape index (κ1) is 17.0. The SMILES string of the molecule is Cc1ccc(-c2nnc(SCc3csc(-c4ccc(C)cc4)n3)o2)cc1. The van der Waals surface area contributed by atoms with Gasteiger partial charge in [-0.2, -0.15) is 0 Å². The van der Waals surface area contributed by atoms with Crippen molar-refractivity contribution in [1.29, 1.82) is 0 Å². The molecule has 0 bridgehead atoms. The number of hydrogen-bond donors (Lipinski definition) is 0. The maximum Gasteiger partial charge on any atom is 0.277 e. The minimum absolute atomic E-state index is 0.547. The highest BCUT2D eigenvalue weighted by atomic mass is 32.2. The molecule has 2 aromatic carbocycles. The van der Waals surface area contributed by atoms with E-state index in [4.69, 9.17) is 9.40 Å². The molecule has 2 heterocycles. The molecule has 4 rings (SSSR count). The molecule has 0 spiro atoms. The van der Waals surface area contributed by atoms with Gasteiger partial charge in [-0.1, -0.05) is 59.3 Å². The van der Waals surface area contributed by atoms with Crippen LogP contribution in [0.3, 0.4) is 0 Å². The number of nitrogens with zero attached hydrogens (tertiary/aromatic N) is 3. The predicted molar refractivity (Wildman–Crippen MR) is 106 cm³/mol. The van der Waals surface area contributed by atoms with Gasteiger partial charge in [0.2, 0.25) is 5.89 Å². The third kappa shape index (κ3) is 3.86. The first-order valence-electron chi connectivity index (χ1n) is 8.22. The Balaban J connectivity index is 1.42. The van der Waals surface area contributed by atoms with Crippen molar-refractivity contribution in [3.05, 3.63) is 70.7 Å². The normalized spacial score (nSPS) is 11.0. The van der Waals surface area contributed by atoms with Gasteiger partial charge in [0, 0.05) is 22.3 Å². The van der Waals surface area contributed by atoms with Crippen LogP contribution in [-0.2, 0) is 5.75 Å². The molecular formula is C20H17N3OS2. The molecular weight excluding hydrogens is 362 g/mol. The van der Waals surface area contributed by atoms with Crippen molar-refractivity contribution in [2.45, 2.75) is 24.8 Å². The van der Waals surface area contributed by atoms with E-state index in [0.717, 1.165) is 21.8 Å². The van der Waals surface area contributed by atoms with Gasteiger partial charge in [-0.05, 0) is 26.0 Å². The van der Waals surface area contributed by atoms with Crippen molar-refractivity contribution in [3.8, 4) is 22.0 Å². The maximum absolute atomic E-state index is 5.75. The molecule has 0 N–H and O–H groups in total. The fourth-order valence-electron chi connectivity index (χ4n) is 2.42. The van der Waals surface area contributed by atoms with Crippen LogP contribution in [0.25, 0.3) is 22.0 Å². The van der Waals surface area contributed by atoms with Crippen LogP contribution >= 0.6 is 23.1 Å². The summed E-state index contributed by atoms with van der Waals surface area (Å²) in [5.74, 6) is 1.25. The molecule has 0 amide bonds. The van der Waals surface area contributed by atoms with Crippen LogP contribution < -0.4 is 0 Å². The molecule has 0 unspecified atom stereocenters. The summed E-state index contributed by atoms with van der Waals surface area (Å²) in [6, 6.07) is 16.5. The van der Waals surface area contributed by atoms with Crippen molar-refractivity contribution in [2.24, 2.45) is 0 Å². The van der Waals surface area contributed by atoms with Crippen molar-refractivity contribution < 1.29 is 4.42 Å². The average molecular weight is 380 g/mol. The summed E-state index contributed by atoms with van der Waals surface area (Å²) in [5.41, 5.74) is 5.56. The molecule has 26 heavy (non-hydrogen) atoms. The minimum Gasteiger partial charge on any atom is -0.411 e. The average Bonchev–Trinajstić information content (AvgIpc) is 3.31. The van der Waals surface area contributed by atoms with E-state index in [0.29, 0.717) is 16.9 Å². The number of aryl methyl sites for hydroxylation is 2. The van der Waals surface area contributed by atoms with E-state index in [9.17, 15) is 0 Å². The lowest BCUT2D eigenvalue weighted by Crippen LogP contribution is -1.82. The number of thioether (sulfide) groups is 1. The molecule has 0 aliphatic rings. The highest BCUT2D eigenvalue weighted by Gasteiger charge is 2.11. The largest absolute Gasteiger partial charge is 0.411 e. The molecule has 4 aromatic rings. The van der Waals surface area contributed by atoms with E-state index < -0.39 is 0 Å². The first-order chi connectivity index (χ1) is 12.7. The summed E-state index contributed by atoms with van der Waals surface area (Å²) in [7, 11) is 0. The third-order valence-corrected chi connectivity index (χ3v) is 5.69. The molecule has 0 saturated heterocycles. The first-order valence-corrected chi connectivity index (χ1v) is 10.1. The Hall–Kier alpha value is -2.44. The molecule has 0 atom stereocenters. The zero-order valence-electron chi connectivity index (χ0n) is 14.5. The van der Waals surface area contributed by atoms with E-state index in [1.54, 1.807) is 11.3 Å². The summed E-state index contributed by atoms with van der Waals surface area (Å²) in [6.45, 7) is 4.14. The lowest BCUT2D eigenvalue weighted by molar-refractivity contribution is 0.466. The summed E-state index contributed by atoms with van der Waals surface area (Å²) in [4.78, 5) is 4.71. The second-order valence-electron chi connectivity index (χ2n) is 6.04. The number of benzene rings is 2. The molecule has 4 nitrogen and oxygen atoms in total. The van der Waals surface area contributed by atoms with Gasteiger partial charge in [0.05, 0.1) is 5.69 Å². The van der Waals surface area contributed by atoms with Crippen LogP contribution in [0.2, 0.25) is 0 Å². The molecule has 6 heteroatoms. The van der Waals surface area contributed by atoms with Crippen molar-refractivity contribution in [3.63, 3.8) is 0 Å². The second-order valence-corrected chi connectivity index (χ2v) is 7.82. The van der Waals surface area contributed by atoms with Gasteiger partial charge in [0.1, 0.15) is 5.01 Å². The van der Waals surface area contributed by atoms with E-state index >= 15 is 0 Å². The van der Waals surface area contributed by atoms with E-state index in [1.165, 1.54) is 22.9 Å². The van der Waals surface area contributed by atoms with Gasteiger partial charge < -0.3 is 4.42 Å². The summed E-state index contributed by atoms with van der Waals surface area (Å²) in [5, 5.41) is 11.9. The van der Waals surface area contributed by atoms with Gasteiger partial charge >= 0.3 is 0 Å². The lowest BCUT2D eigenvalue weighted by atomic mass is 10.1. The maximum atomic E-state index is 5.75. The van der Waals surface area contributed by atoms with Crippen molar-refractivity contribution in [2.75, 3.05) is 0 Å². The fraction of sp³-hybridized carbons (Fsp3) is 0.150. The Morgan fingerprint density at radius 2 is 1.54 bits per heavy atom. The monoisotopic (exact) mass is 379 g/mol. The Morgan fingerprint density at radius 1 is 0.885 bits per heavy atom. The highest BCUT2D eigenvalue weighted by Crippen LogP contribution is 2.29. The van der Waals surface area contributed by atoms with E-state index in [2.05, 4.69) is 53.7 Å². The van der Waals surface area contributed by atoms with Gasteiger partial charge in [-0.3, -0.25) is 0 Å². The zero-order chi connectivity index (χ0) is 17.9. The summed E-state index contributed by atoms with van der Waals surface area (Å²) in [6.07, 6.45) is 0. The molecule has 0 aliphatic heterocycles. The van der Waals surface area contributed by atoms with Gasteiger partial charge in [0.25, 0.3) is 5.22 Å². The summed E-state index contributed by atoms with van der Waals surface area (Å²) < 4.78 is 5.75. The minimum atomic E-state index is 0.547. The second kappa shape index (κ2) is 7.43. The van der Waals surface area contributed by atoms with Crippen LogP contribution in [0, 0.1) is 13.8 Å².